The van der Waals surface area contributed by atoms with E-state index < -0.39 is 21.5 Å². The molecule has 0 heterocycles. The zero-order valence-corrected chi connectivity index (χ0v) is 11.4. The van der Waals surface area contributed by atoms with Crippen LogP contribution >= 0.6 is 15.9 Å². The normalized spacial score (nSPS) is 11.2. The SMILES string of the molecule is CN(C)C(=O)CS(=O)(=O)c1ccc(Br)cc1. The van der Waals surface area contributed by atoms with Crippen molar-refractivity contribution in [3.63, 3.8) is 0 Å². The molecule has 1 aromatic carbocycles. The summed E-state index contributed by atoms with van der Waals surface area (Å²) in [6.07, 6.45) is 0. The third-order valence-corrected chi connectivity index (χ3v) is 4.13. The number of rotatable bonds is 3. The molecule has 0 atom stereocenters. The second-order valence-electron chi connectivity index (χ2n) is 3.50. The van der Waals surface area contributed by atoms with Crippen molar-refractivity contribution in [3.8, 4) is 0 Å². The van der Waals surface area contributed by atoms with Crippen molar-refractivity contribution in [1.82, 2.24) is 4.90 Å². The molecule has 0 aliphatic heterocycles. The third kappa shape index (κ3) is 3.31. The zero-order valence-electron chi connectivity index (χ0n) is 8.97. The lowest BCUT2D eigenvalue weighted by Gasteiger charge is -2.10. The van der Waals surface area contributed by atoms with Gasteiger partial charge in [-0.05, 0) is 24.3 Å². The van der Waals surface area contributed by atoms with E-state index in [0.717, 1.165) is 4.47 Å². The smallest absolute Gasteiger partial charge is 0.237 e. The van der Waals surface area contributed by atoms with E-state index in [-0.39, 0.29) is 4.90 Å². The Kier molecular flexibility index (Phi) is 4.09. The number of hydrogen-bond donors (Lipinski definition) is 0. The molecule has 0 spiro atoms. The number of carbonyl (C=O) groups is 1. The third-order valence-electron chi connectivity index (χ3n) is 1.99. The summed E-state index contributed by atoms with van der Waals surface area (Å²) >= 11 is 3.22. The molecule has 0 unspecified atom stereocenters. The van der Waals surface area contributed by atoms with Crippen LogP contribution in [0.15, 0.2) is 33.6 Å². The molecular formula is C10H12BrNO3S. The zero-order chi connectivity index (χ0) is 12.3. The van der Waals surface area contributed by atoms with Gasteiger partial charge < -0.3 is 4.90 Å². The maximum atomic E-state index is 11.8. The van der Waals surface area contributed by atoms with E-state index in [4.69, 9.17) is 0 Å². The molecule has 88 valence electrons. The average molecular weight is 306 g/mol. The molecule has 4 nitrogen and oxygen atoms in total. The van der Waals surface area contributed by atoms with Gasteiger partial charge in [-0.1, -0.05) is 15.9 Å². The lowest BCUT2D eigenvalue weighted by molar-refractivity contribution is -0.125. The first-order chi connectivity index (χ1) is 7.33. The maximum Gasteiger partial charge on any atom is 0.237 e. The summed E-state index contributed by atoms with van der Waals surface area (Å²) in [5.41, 5.74) is 0. The molecule has 0 saturated carbocycles. The lowest BCUT2D eigenvalue weighted by atomic mass is 10.4. The van der Waals surface area contributed by atoms with Crippen molar-refractivity contribution in [3.05, 3.63) is 28.7 Å². The summed E-state index contributed by atoms with van der Waals surface area (Å²) < 4.78 is 24.4. The van der Waals surface area contributed by atoms with Gasteiger partial charge in [0.05, 0.1) is 4.90 Å². The molecule has 16 heavy (non-hydrogen) atoms. The van der Waals surface area contributed by atoms with E-state index in [1.165, 1.54) is 31.1 Å². The number of hydrogen-bond acceptors (Lipinski definition) is 3. The Morgan fingerprint density at radius 1 is 1.25 bits per heavy atom. The highest BCUT2D eigenvalue weighted by atomic mass is 79.9. The molecule has 1 aromatic rings. The lowest BCUT2D eigenvalue weighted by Crippen LogP contribution is -2.29. The van der Waals surface area contributed by atoms with Crippen molar-refractivity contribution >= 4 is 31.7 Å². The van der Waals surface area contributed by atoms with Gasteiger partial charge in [0.2, 0.25) is 5.91 Å². The fourth-order valence-electron chi connectivity index (χ4n) is 1.02. The van der Waals surface area contributed by atoms with Crippen LogP contribution in [0.4, 0.5) is 0 Å². The number of amides is 1. The quantitative estimate of drug-likeness (QED) is 0.846. The van der Waals surface area contributed by atoms with Crippen molar-refractivity contribution in [2.75, 3.05) is 19.8 Å². The summed E-state index contributed by atoms with van der Waals surface area (Å²) in [5, 5.41) is 0. The predicted molar refractivity (Wildman–Crippen MR) is 64.9 cm³/mol. The standard InChI is InChI=1S/C10H12BrNO3S/c1-12(2)10(13)7-16(14,15)9-5-3-8(11)4-6-9/h3-6H,7H2,1-2H3. The Bertz CT molecular complexity index is 479. The van der Waals surface area contributed by atoms with Crippen molar-refractivity contribution < 1.29 is 13.2 Å². The van der Waals surface area contributed by atoms with E-state index in [1.54, 1.807) is 12.1 Å². The molecule has 1 rings (SSSR count). The van der Waals surface area contributed by atoms with E-state index in [1.807, 2.05) is 0 Å². The van der Waals surface area contributed by atoms with Crippen LogP contribution in [-0.4, -0.2) is 39.1 Å². The maximum absolute atomic E-state index is 11.8. The average Bonchev–Trinajstić information content (AvgIpc) is 2.17. The molecular weight excluding hydrogens is 294 g/mol. The highest BCUT2D eigenvalue weighted by Gasteiger charge is 2.20. The summed E-state index contributed by atoms with van der Waals surface area (Å²) in [7, 11) is -0.479. The Morgan fingerprint density at radius 3 is 2.19 bits per heavy atom. The molecule has 0 saturated heterocycles. The van der Waals surface area contributed by atoms with Gasteiger partial charge in [0, 0.05) is 18.6 Å². The molecule has 0 aliphatic carbocycles. The second-order valence-corrected chi connectivity index (χ2v) is 6.41. The van der Waals surface area contributed by atoms with Crippen LogP contribution in [0, 0.1) is 0 Å². The molecule has 0 aromatic heterocycles. The summed E-state index contributed by atoms with van der Waals surface area (Å²) in [6, 6.07) is 6.21. The first-order valence-corrected chi connectivity index (χ1v) is 6.96. The van der Waals surface area contributed by atoms with Crippen molar-refractivity contribution in [2.45, 2.75) is 4.90 Å². The van der Waals surface area contributed by atoms with Crippen LogP contribution in [0.1, 0.15) is 0 Å². The highest BCUT2D eigenvalue weighted by molar-refractivity contribution is 9.10. The van der Waals surface area contributed by atoms with Crippen molar-refractivity contribution in [2.24, 2.45) is 0 Å². The molecule has 0 N–H and O–H groups in total. The van der Waals surface area contributed by atoms with Crippen LogP contribution in [0.5, 0.6) is 0 Å². The minimum atomic E-state index is -3.53. The van der Waals surface area contributed by atoms with Gasteiger partial charge in [0.1, 0.15) is 5.75 Å². The second kappa shape index (κ2) is 4.97. The van der Waals surface area contributed by atoms with Gasteiger partial charge in [-0.3, -0.25) is 4.79 Å². The molecule has 6 heteroatoms. The number of benzene rings is 1. The minimum Gasteiger partial charge on any atom is -0.348 e. The van der Waals surface area contributed by atoms with E-state index >= 15 is 0 Å². The Hall–Kier alpha value is -0.880. The van der Waals surface area contributed by atoms with E-state index in [0.29, 0.717) is 0 Å². The first kappa shape index (κ1) is 13.2. The summed E-state index contributed by atoms with van der Waals surface area (Å²) in [5.74, 6) is -0.926. The number of nitrogens with zero attached hydrogens (tertiary/aromatic N) is 1. The van der Waals surface area contributed by atoms with Crippen LogP contribution in [0.2, 0.25) is 0 Å². The van der Waals surface area contributed by atoms with Gasteiger partial charge in [-0.15, -0.1) is 0 Å². The molecule has 0 aliphatic rings. The number of halogens is 1. The van der Waals surface area contributed by atoms with Crippen molar-refractivity contribution in [1.29, 1.82) is 0 Å². The largest absolute Gasteiger partial charge is 0.348 e. The van der Waals surface area contributed by atoms with E-state index in [2.05, 4.69) is 15.9 Å². The fourth-order valence-corrected chi connectivity index (χ4v) is 2.58. The monoisotopic (exact) mass is 305 g/mol. The van der Waals surface area contributed by atoms with Gasteiger partial charge in [0.25, 0.3) is 0 Å². The van der Waals surface area contributed by atoms with Crippen LogP contribution in [-0.2, 0) is 14.6 Å². The van der Waals surface area contributed by atoms with E-state index in [9.17, 15) is 13.2 Å². The number of carbonyl (C=O) groups excluding carboxylic acids is 1. The summed E-state index contributed by atoms with van der Waals surface area (Å²) in [6.45, 7) is 0. The topological polar surface area (TPSA) is 54.5 Å². The predicted octanol–water partition coefficient (Wildman–Crippen LogP) is 1.31. The summed E-state index contributed by atoms with van der Waals surface area (Å²) in [4.78, 5) is 12.8. The number of sulfone groups is 1. The van der Waals surface area contributed by atoms with Gasteiger partial charge >= 0.3 is 0 Å². The molecule has 0 fully saturated rings. The molecule has 0 radical (unpaired) electrons. The highest BCUT2D eigenvalue weighted by Crippen LogP contribution is 2.16. The first-order valence-electron chi connectivity index (χ1n) is 4.51. The minimum absolute atomic E-state index is 0.158. The Morgan fingerprint density at radius 2 is 1.75 bits per heavy atom. The molecule has 1 amide bonds. The van der Waals surface area contributed by atoms with Gasteiger partial charge in [0.15, 0.2) is 9.84 Å². The molecule has 0 bridgehead atoms. The Balaban J connectivity index is 2.95. The Labute approximate surface area is 103 Å². The van der Waals surface area contributed by atoms with Crippen LogP contribution in [0.25, 0.3) is 0 Å². The fraction of sp³-hybridized carbons (Fsp3) is 0.300. The van der Waals surface area contributed by atoms with Gasteiger partial charge in [-0.2, -0.15) is 0 Å². The van der Waals surface area contributed by atoms with Crippen LogP contribution < -0.4 is 0 Å². The van der Waals surface area contributed by atoms with Crippen LogP contribution in [0.3, 0.4) is 0 Å². The van der Waals surface area contributed by atoms with Gasteiger partial charge in [-0.25, -0.2) is 8.42 Å².